The van der Waals surface area contributed by atoms with Crippen LogP contribution in [-0.4, -0.2) is 41.9 Å². The Morgan fingerprint density at radius 3 is 2.47 bits per heavy atom. The molecule has 3 rings (SSSR count). The lowest BCUT2D eigenvalue weighted by atomic mass is 9.81. The number of hydrogen-bond acceptors (Lipinski definition) is 3. The van der Waals surface area contributed by atoms with Crippen molar-refractivity contribution >= 4 is 50.9 Å². The highest BCUT2D eigenvalue weighted by Gasteiger charge is 2.43. The van der Waals surface area contributed by atoms with Crippen LogP contribution in [0.2, 0.25) is 10.0 Å². The van der Waals surface area contributed by atoms with Gasteiger partial charge in [-0.3, -0.25) is 9.59 Å². The Bertz CT molecular complexity index is 976. The van der Waals surface area contributed by atoms with Gasteiger partial charge in [-0.15, -0.1) is 0 Å². The Hall–Kier alpha value is -1.60. The van der Waals surface area contributed by atoms with Gasteiger partial charge in [-0.2, -0.15) is 0 Å². The summed E-state index contributed by atoms with van der Waals surface area (Å²) in [7, 11) is 0. The number of halogens is 3. The molecule has 1 saturated heterocycles. The highest BCUT2D eigenvalue weighted by atomic mass is 79.9. The lowest BCUT2D eigenvalue weighted by molar-refractivity contribution is -0.146. The molecule has 3 N–H and O–H groups in total. The molecule has 0 aliphatic carbocycles. The summed E-state index contributed by atoms with van der Waals surface area (Å²) in [4.78, 5) is 28.5. The summed E-state index contributed by atoms with van der Waals surface area (Å²) >= 11 is 16.0. The molecule has 2 atom stereocenters. The quantitative estimate of drug-likeness (QED) is 0.534. The second kappa shape index (κ2) is 10.6. The van der Waals surface area contributed by atoms with Gasteiger partial charge in [0.15, 0.2) is 0 Å². The zero-order valence-electron chi connectivity index (χ0n) is 18.2. The van der Waals surface area contributed by atoms with Crippen molar-refractivity contribution in [1.29, 1.82) is 0 Å². The van der Waals surface area contributed by atoms with E-state index < -0.39 is 17.4 Å². The molecule has 0 spiro atoms. The molecule has 172 valence electrons. The highest BCUT2D eigenvalue weighted by molar-refractivity contribution is 9.10. The predicted octanol–water partition coefficient (Wildman–Crippen LogP) is 4.71. The van der Waals surface area contributed by atoms with E-state index in [-0.39, 0.29) is 11.9 Å². The number of hydrogen-bond donors (Lipinski definition) is 2. The minimum absolute atomic E-state index is 0.144. The van der Waals surface area contributed by atoms with Gasteiger partial charge in [-0.25, -0.2) is 0 Å². The van der Waals surface area contributed by atoms with Crippen LogP contribution in [0.3, 0.4) is 0 Å². The van der Waals surface area contributed by atoms with Crippen molar-refractivity contribution in [1.82, 2.24) is 10.2 Å². The minimum Gasteiger partial charge on any atom is -0.368 e. The Labute approximate surface area is 207 Å². The van der Waals surface area contributed by atoms with Crippen molar-refractivity contribution in [2.24, 2.45) is 5.73 Å². The fourth-order valence-electron chi connectivity index (χ4n) is 4.25. The molecule has 2 aromatic carbocycles. The lowest BCUT2D eigenvalue weighted by Crippen LogP contribution is -2.61. The van der Waals surface area contributed by atoms with Crippen molar-refractivity contribution in [2.45, 2.75) is 50.6 Å². The molecule has 5 nitrogen and oxygen atoms in total. The third kappa shape index (κ3) is 5.66. The second-order valence-electron chi connectivity index (χ2n) is 8.71. The largest absolute Gasteiger partial charge is 0.368 e. The molecule has 2 aromatic rings. The second-order valence-corrected chi connectivity index (χ2v) is 10.5. The minimum atomic E-state index is -0.980. The first-order valence-electron chi connectivity index (χ1n) is 10.6. The van der Waals surface area contributed by atoms with Crippen molar-refractivity contribution in [3.05, 3.63) is 68.1 Å². The maximum atomic E-state index is 14.1. The first kappa shape index (κ1) is 25.0. The SMILES string of the molecule is CC(C)(C(=O)N([C@@H]1CCCNC1)[C@@H](Cc1ccc(Br)cc1)C(N)=O)c1ccc(Cl)cc1Cl. The van der Waals surface area contributed by atoms with Crippen LogP contribution in [-0.2, 0) is 21.4 Å². The van der Waals surface area contributed by atoms with E-state index in [1.807, 2.05) is 38.1 Å². The van der Waals surface area contributed by atoms with Gasteiger partial charge in [0.05, 0.1) is 5.41 Å². The molecule has 0 bridgehead atoms. The number of nitrogens with one attached hydrogen (secondary N) is 1. The smallest absolute Gasteiger partial charge is 0.240 e. The maximum absolute atomic E-state index is 14.1. The van der Waals surface area contributed by atoms with E-state index in [0.29, 0.717) is 28.6 Å². The fourth-order valence-corrected chi connectivity index (χ4v) is 5.16. The molecule has 0 unspecified atom stereocenters. The Morgan fingerprint density at radius 2 is 1.91 bits per heavy atom. The Kier molecular flexibility index (Phi) is 8.26. The summed E-state index contributed by atoms with van der Waals surface area (Å²) in [5.74, 6) is -0.707. The van der Waals surface area contributed by atoms with E-state index in [0.717, 1.165) is 29.4 Å². The molecular formula is C24H28BrCl2N3O2. The number of primary amides is 1. The van der Waals surface area contributed by atoms with E-state index in [1.54, 1.807) is 23.1 Å². The van der Waals surface area contributed by atoms with E-state index in [9.17, 15) is 9.59 Å². The molecule has 0 saturated carbocycles. The first-order chi connectivity index (χ1) is 15.1. The average Bonchev–Trinajstić information content (AvgIpc) is 2.75. The van der Waals surface area contributed by atoms with Gasteiger partial charge in [0.25, 0.3) is 0 Å². The monoisotopic (exact) mass is 539 g/mol. The van der Waals surface area contributed by atoms with Crippen molar-refractivity contribution < 1.29 is 9.59 Å². The lowest BCUT2D eigenvalue weighted by Gasteiger charge is -2.43. The number of nitrogens with zero attached hydrogens (tertiary/aromatic N) is 1. The van der Waals surface area contributed by atoms with E-state index in [2.05, 4.69) is 21.2 Å². The van der Waals surface area contributed by atoms with Crippen LogP contribution < -0.4 is 11.1 Å². The molecule has 1 aliphatic heterocycles. The number of amides is 2. The van der Waals surface area contributed by atoms with Crippen LogP contribution in [0.5, 0.6) is 0 Å². The Morgan fingerprint density at radius 1 is 1.22 bits per heavy atom. The number of carbonyl (C=O) groups excluding carboxylic acids is 2. The number of nitrogens with two attached hydrogens (primary N) is 1. The van der Waals surface area contributed by atoms with Gasteiger partial charge < -0.3 is 16.0 Å². The molecule has 32 heavy (non-hydrogen) atoms. The van der Waals surface area contributed by atoms with Crippen molar-refractivity contribution in [2.75, 3.05) is 13.1 Å². The van der Waals surface area contributed by atoms with E-state index in [1.165, 1.54) is 0 Å². The zero-order valence-corrected chi connectivity index (χ0v) is 21.3. The standard InChI is InChI=1S/C24H28BrCl2N3O2/c1-24(2,19-10-9-17(26)13-20(19)27)23(32)30(18-4-3-11-29-14-18)21(22(28)31)12-15-5-7-16(25)8-6-15/h5-10,13,18,21,29H,3-4,11-12,14H2,1-2H3,(H2,28,31)/t18-,21+/m1/s1. The maximum Gasteiger partial charge on any atom is 0.240 e. The molecular weight excluding hydrogens is 513 g/mol. The van der Waals surface area contributed by atoms with E-state index in [4.69, 9.17) is 28.9 Å². The topological polar surface area (TPSA) is 75.4 Å². The van der Waals surface area contributed by atoms with Gasteiger partial charge in [-0.1, -0.05) is 57.3 Å². The van der Waals surface area contributed by atoms with Gasteiger partial charge >= 0.3 is 0 Å². The molecule has 2 amide bonds. The third-order valence-electron chi connectivity index (χ3n) is 6.04. The number of benzene rings is 2. The van der Waals surface area contributed by atoms with Gasteiger partial charge in [-0.05, 0) is 68.6 Å². The summed E-state index contributed by atoms with van der Waals surface area (Å²) in [6, 6.07) is 11.9. The zero-order chi connectivity index (χ0) is 23.5. The van der Waals surface area contributed by atoms with Crippen molar-refractivity contribution in [3.63, 3.8) is 0 Å². The molecule has 1 fully saturated rings. The fraction of sp³-hybridized carbons (Fsp3) is 0.417. The Balaban J connectivity index is 2.02. The van der Waals surface area contributed by atoms with Crippen LogP contribution in [0.1, 0.15) is 37.8 Å². The molecule has 1 heterocycles. The van der Waals surface area contributed by atoms with Gasteiger partial charge in [0.1, 0.15) is 6.04 Å². The van der Waals surface area contributed by atoms with Crippen molar-refractivity contribution in [3.8, 4) is 0 Å². The molecule has 1 aliphatic rings. The van der Waals surface area contributed by atoms with Gasteiger partial charge in [0.2, 0.25) is 11.8 Å². The van der Waals surface area contributed by atoms with Crippen LogP contribution in [0, 0.1) is 0 Å². The highest BCUT2D eigenvalue weighted by Crippen LogP contribution is 2.35. The van der Waals surface area contributed by atoms with Crippen LogP contribution in [0.25, 0.3) is 0 Å². The molecule has 8 heteroatoms. The third-order valence-corrected chi connectivity index (χ3v) is 7.12. The van der Waals surface area contributed by atoms with E-state index >= 15 is 0 Å². The average molecular weight is 541 g/mol. The normalized spacial score (nSPS) is 17.6. The van der Waals surface area contributed by atoms with Crippen LogP contribution >= 0.6 is 39.1 Å². The number of piperidine rings is 1. The van der Waals surface area contributed by atoms with Crippen LogP contribution in [0.15, 0.2) is 46.9 Å². The summed E-state index contributed by atoms with van der Waals surface area (Å²) in [5.41, 5.74) is 6.50. The first-order valence-corrected chi connectivity index (χ1v) is 12.2. The summed E-state index contributed by atoms with van der Waals surface area (Å²) in [5, 5.41) is 4.27. The molecule has 0 radical (unpaired) electrons. The predicted molar refractivity (Wildman–Crippen MR) is 133 cm³/mol. The summed E-state index contributed by atoms with van der Waals surface area (Å²) in [6.07, 6.45) is 2.06. The molecule has 0 aromatic heterocycles. The van der Waals surface area contributed by atoms with Gasteiger partial charge in [0, 0.05) is 33.5 Å². The van der Waals surface area contributed by atoms with Crippen LogP contribution in [0.4, 0.5) is 0 Å². The number of carbonyl (C=O) groups is 2. The summed E-state index contributed by atoms with van der Waals surface area (Å²) < 4.78 is 0.944. The number of rotatable bonds is 7. The summed E-state index contributed by atoms with van der Waals surface area (Å²) in [6.45, 7) is 5.15.